The predicted octanol–water partition coefficient (Wildman–Crippen LogP) is 2.59. The predicted molar refractivity (Wildman–Crippen MR) is 112 cm³/mol. The summed E-state index contributed by atoms with van der Waals surface area (Å²) in [6.07, 6.45) is 1.99. The maximum absolute atomic E-state index is 13.2. The Labute approximate surface area is 175 Å². The van der Waals surface area contributed by atoms with Gasteiger partial charge in [-0.2, -0.15) is 5.10 Å². The zero-order valence-corrected chi connectivity index (χ0v) is 17.5. The normalized spacial score (nSPS) is 11.4. The zero-order valence-electron chi connectivity index (χ0n) is 16.7. The van der Waals surface area contributed by atoms with Crippen molar-refractivity contribution in [1.82, 2.24) is 19.8 Å². The molecule has 3 aromatic rings. The number of amides is 1. The third-order valence-electron chi connectivity index (χ3n) is 4.55. The van der Waals surface area contributed by atoms with E-state index in [1.807, 2.05) is 13.8 Å². The molecule has 7 nitrogen and oxygen atoms in total. The highest BCUT2D eigenvalue weighted by atomic mass is 32.2. The summed E-state index contributed by atoms with van der Waals surface area (Å²) in [5.74, 6) is -0.704. The molecule has 1 heterocycles. The molecule has 0 aliphatic heterocycles. The van der Waals surface area contributed by atoms with E-state index < -0.39 is 10.0 Å². The quantitative estimate of drug-likeness (QED) is 0.537. The number of carbonyl (C=O) groups excluding carboxylic acids is 1. The minimum absolute atomic E-state index is 0.0511. The van der Waals surface area contributed by atoms with Crippen molar-refractivity contribution in [1.29, 1.82) is 0 Å². The second-order valence-electron chi connectivity index (χ2n) is 6.71. The topological polar surface area (TPSA) is 93.1 Å². The highest BCUT2D eigenvalue weighted by Crippen LogP contribution is 2.16. The van der Waals surface area contributed by atoms with Crippen molar-refractivity contribution in [2.24, 2.45) is 0 Å². The first kappa shape index (κ1) is 21.7. The molecule has 9 heteroatoms. The number of rotatable bonds is 8. The van der Waals surface area contributed by atoms with Crippen molar-refractivity contribution in [2.75, 3.05) is 13.1 Å². The van der Waals surface area contributed by atoms with E-state index in [1.165, 1.54) is 30.5 Å². The Hall–Kier alpha value is -3.04. The molecule has 0 saturated heterocycles. The Kier molecular flexibility index (Phi) is 6.63. The fourth-order valence-corrected chi connectivity index (χ4v) is 4.00. The van der Waals surface area contributed by atoms with Crippen molar-refractivity contribution >= 4 is 15.9 Å². The summed E-state index contributed by atoms with van der Waals surface area (Å²) in [4.78, 5) is 12.7. The van der Waals surface area contributed by atoms with Crippen molar-refractivity contribution in [3.8, 4) is 5.69 Å². The number of nitrogens with one attached hydrogen (secondary N) is 2. The number of sulfonamides is 1. The lowest BCUT2D eigenvalue weighted by Crippen LogP contribution is -2.35. The van der Waals surface area contributed by atoms with Crippen molar-refractivity contribution in [3.05, 3.63) is 77.4 Å². The maximum Gasteiger partial charge on any atom is 0.254 e. The minimum atomic E-state index is -3.64. The molecule has 1 amide bonds. The largest absolute Gasteiger partial charge is 0.351 e. The fraction of sp³-hybridized carbons (Fsp3) is 0.238. The summed E-state index contributed by atoms with van der Waals surface area (Å²) in [5, 5.41) is 6.95. The fourth-order valence-electron chi connectivity index (χ4n) is 2.97. The number of aromatic nitrogens is 2. The first-order valence-corrected chi connectivity index (χ1v) is 11.0. The van der Waals surface area contributed by atoms with Gasteiger partial charge in [-0.25, -0.2) is 22.2 Å². The second-order valence-corrected chi connectivity index (χ2v) is 8.48. The highest BCUT2D eigenvalue weighted by molar-refractivity contribution is 7.89. The van der Waals surface area contributed by atoms with Crippen molar-refractivity contribution in [3.63, 3.8) is 0 Å². The Morgan fingerprint density at radius 3 is 2.37 bits per heavy atom. The van der Waals surface area contributed by atoms with Gasteiger partial charge in [0.15, 0.2) is 0 Å². The summed E-state index contributed by atoms with van der Waals surface area (Å²) in [7, 11) is -3.64. The highest BCUT2D eigenvalue weighted by Gasteiger charge is 2.18. The van der Waals surface area contributed by atoms with Gasteiger partial charge in [-0.1, -0.05) is 24.6 Å². The van der Waals surface area contributed by atoms with Gasteiger partial charge in [-0.3, -0.25) is 4.79 Å². The third kappa shape index (κ3) is 4.92. The van der Waals surface area contributed by atoms with Crippen LogP contribution in [0, 0.1) is 12.7 Å². The standard InChI is InChI=1S/C21H23FN4O3S/c1-3-20-19(14-24-26(20)17-8-6-16(22)7-9-17)21(27)23-12-13-25-30(28,29)18-10-4-15(2)5-11-18/h4-11,14,25H,3,12-13H2,1-2H3,(H,23,27). The molecule has 158 valence electrons. The molecule has 0 radical (unpaired) electrons. The van der Waals surface area contributed by atoms with Crippen LogP contribution in [0.1, 0.15) is 28.5 Å². The van der Waals surface area contributed by atoms with Crippen LogP contribution < -0.4 is 10.0 Å². The Morgan fingerprint density at radius 2 is 1.73 bits per heavy atom. The summed E-state index contributed by atoms with van der Waals surface area (Å²) in [6, 6.07) is 12.3. The van der Waals surface area contributed by atoms with Gasteiger partial charge < -0.3 is 5.32 Å². The maximum atomic E-state index is 13.2. The summed E-state index contributed by atoms with van der Waals surface area (Å²) in [6.45, 7) is 3.94. The van der Waals surface area contributed by atoms with Gasteiger partial charge in [0.1, 0.15) is 5.82 Å². The molecule has 0 aliphatic rings. The van der Waals surface area contributed by atoms with Crippen LogP contribution >= 0.6 is 0 Å². The van der Waals surface area contributed by atoms with Crippen molar-refractivity contribution < 1.29 is 17.6 Å². The minimum Gasteiger partial charge on any atom is -0.351 e. The number of hydrogen-bond donors (Lipinski definition) is 2. The number of nitrogens with zero attached hydrogens (tertiary/aromatic N) is 2. The van der Waals surface area contributed by atoms with E-state index in [4.69, 9.17) is 0 Å². The average Bonchev–Trinajstić information content (AvgIpc) is 3.16. The van der Waals surface area contributed by atoms with Crippen molar-refractivity contribution in [2.45, 2.75) is 25.2 Å². The van der Waals surface area contributed by atoms with Gasteiger partial charge in [-0.05, 0) is 49.7 Å². The van der Waals surface area contributed by atoms with Gasteiger partial charge in [0.05, 0.1) is 28.0 Å². The van der Waals surface area contributed by atoms with Gasteiger partial charge in [0.25, 0.3) is 5.91 Å². The Balaban J connectivity index is 1.61. The lowest BCUT2D eigenvalue weighted by molar-refractivity contribution is 0.0953. The molecule has 0 aliphatic carbocycles. The number of benzene rings is 2. The van der Waals surface area contributed by atoms with Crippen LogP contribution in [-0.4, -0.2) is 37.2 Å². The SMILES string of the molecule is CCc1c(C(=O)NCCNS(=O)(=O)c2ccc(C)cc2)cnn1-c1ccc(F)cc1. The number of halogens is 1. The molecule has 2 aromatic carbocycles. The monoisotopic (exact) mass is 430 g/mol. The molecule has 0 bridgehead atoms. The zero-order chi connectivity index (χ0) is 21.7. The summed E-state index contributed by atoms with van der Waals surface area (Å²) >= 11 is 0. The van der Waals surface area contributed by atoms with E-state index in [2.05, 4.69) is 15.1 Å². The van der Waals surface area contributed by atoms with Crippen LogP contribution in [0.25, 0.3) is 5.69 Å². The van der Waals surface area contributed by atoms with Gasteiger partial charge in [-0.15, -0.1) is 0 Å². The van der Waals surface area contributed by atoms with Crippen LogP contribution in [-0.2, 0) is 16.4 Å². The van der Waals surface area contributed by atoms with E-state index in [0.29, 0.717) is 23.4 Å². The van der Waals surface area contributed by atoms with Gasteiger partial charge in [0.2, 0.25) is 10.0 Å². The molecule has 3 rings (SSSR count). The van der Waals surface area contributed by atoms with E-state index in [-0.39, 0.29) is 29.7 Å². The first-order valence-electron chi connectivity index (χ1n) is 9.49. The molecule has 0 unspecified atom stereocenters. The smallest absolute Gasteiger partial charge is 0.254 e. The number of carbonyl (C=O) groups is 1. The van der Waals surface area contributed by atoms with Crippen LogP contribution in [0.15, 0.2) is 59.6 Å². The molecule has 2 N–H and O–H groups in total. The molecular weight excluding hydrogens is 407 g/mol. The second kappa shape index (κ2) is 9.19. The summed E-state index contributed by atoms with van der Waals surface area (Å²) in [5.41, 5.74) is 2.69. The third-order valence-corrected chi connectivity index (χ3v) is 6.03. The Morgan fingerprint density at radius 1 is 1.07 bits per heavy atom. The van der Waals surface area contributed by atoms with Crippen LogP contribution in [0.3, 0.4) is 0 Å². The molecule has 0 saturated carbocycles. The van der Waals surface area contributed by atoms with Gasteiger partial charge in [0, 0.05) is 13.1 Å². The van der Waals surface area contributed by atoms with E-state index >= 15 is 0 Å². The molecular formula is C21H23FN4O3S. The average molecular weight is 431 g/mol. The molecule has 1 aromatic heterocycles. The number of aryl methyl sites for hydroxylation is 1. The molecule has 30 heavy (non-hydrogen) atoms. The lowest BCUT2D eigenvalue weighted by Gasteiger charge is -2.10. The molecule has 0 fully saturated rings. The van der Waals surface area contributed by atoms with Crippen LogP contribution in [0.4, 0.5) is 4.39 Å². The van der Waals surface area contributed by atoms with Gasteiger partial charge >= 0.3 is 0 Å². The molecule has 0 spiro atoms. The first-order chi connectivity index (χ1) is 14.3. The lowest BCUT2D eigenvalue weighted by atomic mass is 10.2. The van der Waals surface area contributed by atoms with Crippen LogP contribution in [0.5, 0.6) is 0 Å². The van der Waals surface area contributed by atoms with Crippen LogP contribution in [0.2, 0.25) is 0 Å². The van der Waals surface area contributed by atoms with E-state index in [1.54, 1.807) is 28.9 Å². The summed E-state index contributed by atoms with van der Waals surface area (Å²) < 4.78 is 41.8. The number of hydrogen-bond acceptors (Lipinski definition) is 4. The Bertz CT molecular complexity index is 1120. The van der Waals surface area contributed by atoms with E-state index in [0.717, 1.165) is 5.56 Å². The molecule has 0 atom stereocenters. The van der Waals surface area contributed by atoms with E-state index in [9.17, 15) is 17.6 Å².